The lowest BCUT2D eigenvalue weighted by molar-refractivity contribution is 0.488. The molecule has 0 aromatic carbocycles. The van der Waals surface area contributed by atoms with Crippen LogP contribution in [0.2, 0.25) is 0 Å². The van der Waals surface area contributed by atoms with Gasteiger partial charge in [0, 0.05) is 28.6 Å². The van der Waals surface area contributed by atoms with E-state index in [0.29, 0.717) is 5.66 Å². The van der Waals surface area contributed by atoms with Crippen LogP contribution in [0.15, 0.2) is 43.5 Å². The number of rotatable bonds is 1. The summed E-state index contributed by atoms with van der Waals surface area (Å²) >= 11 is 13.1. The van der Waals surface area contributed by atoms with Gasteiger partial charge in [0.2, 0.25) is 0 Å². The molecule has 0 saturated carbocycles. The number of fused-ring (bicyclic) bond motifs is 4. The molecule has 0 fully saturated rings. The third-order valence-electron chi connectivity index (χ3n) is 8.89. The van der Waals surface area contributed by atoms with E-state index in [1.807, 2.05) is 13.8 Å². The van der Waals surface area contributed by atoms with E-state index in [4.69, 9.17) is 23.6 Å². The molecule has 5 atom stereocenters. The molecule has 4 aliphatic rings. The Bertz CT molecular complexity index is 988. The Hall–Kier alpha value is 0.260. The molecule has 0 amide bonds. The van der Waals surface area contributed by atoms with Gasteiger partial charge in [-0.15, -0.1) is 0 Å². The van der Waals surface area contributed by atoms with Gasteiger partial charge < -0.3 is 0 Å². The SMILES string of the molecule is CC.CC1=C(C)[P@@]2(=S)C[C@]1(C)C(C)=C2C1=C(C)[C@]2(C)C(C)=C(C)[P@@]1(=S)C2C. The monoisotopic (exact) mass is 438 g/mol. The van der Waals surface area contributed by atoms with E-state index in [1.54, 1.807) is 32.9 Å². The van der Waals surface area contributed by atoms with Crippen LogP contribution < -0.4 is 0 Å². The largest absolute Gasteiger partial charge is 0.0879 e. The fourth-order valence-corrected chi connectivity index (χ4v) is 19.8. The van der Waals surface area contributed by atoms with Crippen LogP contribution in [-0.4, -0.2) is 11.8 Å². The third-order valence-corrected chi connectivity index (χ3v) is 21.1. The Morgan fingerprint density at radius 1 is 0.778 bits per heavy atom. The van der Waals surface area contributed by atoms with Gasteiger partial charge in [0.15, 0.2) is 0 Å². The van der Waals surface area contributed by atoms with Crippen molar-refractivity contribution in [3.05, 3.63) is 43.5 Å². The molecule has 1 unspecified atom stereocenters. The molecule has 0 N–H and O–H groups in total. The lowest BCUT2D eigenvalue weighted by atomic mass is 9.73. The zero-order chi connectivity index (χ0) is 20.9. The fourth-order valence-electron chi connectivity index (χ4n) is 6.26. The van der Waals surface area contributed by atoms with Gasteiger partial charge in [-0.05, 0) is 69.0 Å². The summed E-state index contributed by atoms with van der Waals surface area (Å²) < 4.78 is 0. The summed E-state index contributed by atoms with van der Waals surface area (Å²) in [5.74, 6) is 0. The maximum atomic E-state index is 6.58. The predicted octanol–water partition coefficient (Wildman–Crippen LogP) is 8.56. The topological polar surface area (TPSA) is 0 Å². The molecule has 27 heavy (non-hydrogen) atoms. The minimum atomic E-state index is -1.71. The minimum absolute atomic E-state index is 0.160. The van der Waals surface area contributed by atoms with Crippen LogP contribution in [0.3, 0.4) is 0 Å². The second-order valence-electron chi connectivity index (χ2n) is 9.13. The van der Waals surface area contributed by atoms with E-state index in [0.717, 1.165) is 0 Å². The number of hydrogen-bond donors (Lipinski definition) is 0. The van der Waals surface area contributed by atoms with Gasteiger partial charge in [-0.1, -0.05) is 80.5 Å². The highest BCUT2D eigenvalue weighted by Crippen LogP contribution is 2.90. The highest BCUT2D eigenvalue weighted by atomic mass is 32.4. The van der Waals surface area contributed by atoms with Crippen molar-refractivity contribution in [2.45, 2.75) is 81.8 Å². The summed E-state index contributed by atoms with van der Waals surface area (Å²) in [6.45, 7) is 25.3. The molecule has 4 heteroatoms. The van der Waals surface area contributed by atoms with Crippen molar-refractivity contribution >= 4 is 35.7 Å². The lowest BCUT2D eigenvalue weighted by Gasteiger charge is -2.34. The second-order valence-corrected chi connectivity index (χ2v) is 18.9. The Morgan fingerprint density at radius 3 is 1.74 bits per heavy atom. The molecule has 150 valence electrons. The summed E-state index contributed by atoms with van der Waals surface area (Å²) in [4.78, 5) is 0. The molecule has 4 heterocycles. The predicted molar refractivity (Wildman–Crippen MR) is 133 cm³/mol. The van der Waals surface area contributed by atoms with Crippen molar-refractivity contribution < 1.29 is 0 Å². The lowest BCUT2D eigenvalue weighted by Crippen LogP contribution is -2.24. The summed E-state index contributed by atoms with van der Waals surface area (Å²) in [6.07, 6.45) is 1.17. The summed E-state index contributed by atoms with van der Waals surface area (Å²) in [5.41, 5.74) is 7.14. The molecular weight excluding hydrogens is 402 g/mol. The van der Waals surface area contributed by atoms with Crippen LogP contribution in [0.5, 0.6) is 0 Å². The highest BCUT2D eigenvalue weighted by Gasteiger charge is 2.62. The van der Waals surface area contributed by atoms with Gasteiger partial charge in [-0.2, -0.15) is 0 Å². The molecule has 4 bridgehead atoms. The molecular formula is C23H36P2S2. The van der Waals surface area contributed by atoms with Crippen molar-refractivity contribution in [2.75, 3.05) is 6.16 Å². The molecule has 0 nitrogen and oxygen atoms in total. The number of allylic oxidation sites excluding steroid dienone is 8. The third kappa shape index (κ3) is 2.08. The Balaban J connectivity index is 0.00000102. The smallest absolute Gasteiger partial charge is 0.0181 e. The molecule has 0 aromatic heterocycles. The Morgan fingerprint density at radius 2 is 1.30 bits per heavy atom. The van der Waals surface area contributed by atoms with E-state index in [1.165, 1.54) is 16.8 Å². The van der Waals surface area contributed by atoms with E-state index in [-0.39, 0.29) is 10.8 Å². The van der Waals surface area contributed by atoms with Crippen molar-refractivity contribution in [2.24, 2.45) is 10.8 Å². The van der Waals surface area contributed by atoms with Crippen molar-refractivity contribution in [3.8, 4) is 0 Å². The van der Waals surface area contributed by atoms with Crippen LogP contribution in [0.4, 0.5) is 0 Å². The first-order valence-corrected chi connectivity index (χ1v) is 16.2. The minimum Gasteiger partial charge on any atom is -0.0879 e. The van der Waals surface area contributed by atoms with Gasteiger partial charge in [0.1, 0.15) is 0 Å². The molecule has 4 aliphatic heterocycles. The zero-order valence-corrected chi connectivity index (χ0v) is 22.4. The van der Waals surface area contributed by atoms with Crippen LogP contribution in [-0.2, 0) is 23.6 Å². The molecule has 4 rings (SSSR count). The fraction of sp³-hybridized carbons (Fsp3) is 0.652. The van der Waals surface area contributed by atoms with Crippen molar-refractivity contribution in [1.29, 1.82) is 0 Å². The van der Waals surface area contributed by atoms with Gasteiger partial charge in [-0.3, -0.25) is 0 Å². The maximum Gasteiger partial charge on any atom is 0.0181 e. The Kier molecular flexibility index (Phi) is 4.99. The maximum absolute atomic E-state index is 6.58. The standard InChI is InChI=1S/C21H30P2S2.C2H6/c1-11-15(5)22(24)10-20(11,8)13(3)18(22)19-14(4)21(9)12(2)16(6)23(19,25)17(21)7;1-2/h17H,10H2,1-9H3;1-2H3/t17?,20-,21-,22-,23+;/m0./s1. The van der Waals surface area contributed by atoms with Gasteiger partial charge in [0.25, 0.3) is 0 Å². The van der Waals surface area contributed by atoms with Crippen LogP contribution in [0.25, 0.3) is 0 Å². The van der Waals surface area contributed by atoms with Crippen molar-refractivity contribution in [3.63, 3.8) is 0 Å². The second kappa shape index (κ2) is 6.14. The molecule has 0 aliphatic carbocycles. The quantitative estimate of drug-likeness (QED) is 0.376. The average Bonchev–Trinajstić information content (AvgIpc) is 3.07. The Labute approximate surface area is 177 Å². The summed E-state index contributed by atoms with van der Waals surface area (Å²) in [7, 11) is 0. The highest BCUT2D eigenvalue weighted by molar-refractivity contribution is 8.22. The van der Waals surface area contributed by atoms with Gasteiger partial charge in [0.05, 0.1) is 0 Å². The van der Waals surface area contributed by atoms with E-state index < -0.39 is 12.1 Å². The first-order chi connectivity index (χ1) is 12.3. The van der Waals surface area contributed by atoms with Crippen LogP contribution in [0.1, 0.15) is 76.2 Å². The first kappa shape index (κ1) is 22.0. The van der Waals surface area contributed by atoms with E-state index in [2.05, 4.69) is 62.3 Å². The number of hydrogen-bond acceptors (Lipinski definition) is 2. The normalized spacial score (nSPS) is 45.4. The molecule has 0 spiro atoms. The van der Waals surface area contributed by atoms with Gasteiger partial charge in [-0.25, -0.2) is 0 Å². The van der Waals surface area contributed by atoms with Crippen LogP contribution >= 0.6 is 12.1 Å². The average molecular weight is 439 g/mol. The van der Waals surface area contributed by atoms with Gasteiger partial charge >= 0.3 is 0 Å². The summed E-state index contributed by atoms with van der Waals surface area (Å²) in [5, 5.41) is 6.23. The van der Waals surface area contributed by atoms with Crippen molar-refractivity contribution in [1.82, 2.24) is 0 Å². The first-order valence-electron chi connectivity index (χ1n) is 10.3. The molecule has 0 aromatic rings. The zero-order valence-electron chi connectivity index (χ0n) is 19.0. The van der Waals surface area contributed by atoms with Crippen LogP contribution in [0, 0.1) is 10.8 Å². The molecule has 0 saturated heterocycles. The van der Waals surface area contributed by atoms with E-state index in [9.17, 15) is 0 Å². The molecule has 0 radical (unpaired) electrons. The summed E-state index contributed by atoms with van der Waals surface area (Å²) in [6, 6.07) is -3.35. The van der Waals surface area contributed by atoms with E-state index >= 15 is 0 Å².